The van der Waals surface area contributed by atoms with Gasteiger partial charge in [0.05, 0.1) is 0 Å². The van der Waals surface area contributed by atoms with Crippen LogP contribution >= 0.6 is 11.6 Å². The average molecular weight is 330 g/mol. The van der Waals surface area contributed by atoms with Gasteiger partial charge in [0.2, 0.25) is 0 Å². The minimum atomic E-state index is -0.839. The molecule has 0 unspecified atom stereocenters. The van der Waals surface area contributed by atoms with Gasteiger partial charge in [0, 0.05) is 23.3 Å². The third-order valence-corrected chi connectivity index (χ3v) is 3.56. The summed E-state index contributed by atoms with van der Waals surface area (Å²) < 4.78 is 0. The largest absolute Gasteiger partial charge is 0.329 e. The lowest BCUT2D eigenvalue weighted by atomic mass is 10.2. The number of nitrogens with zero attached hydrogens (tertiary/aromatic N) is 1. The van der Waals surface area contributed by atoms with Crippen LogP contribution in [0.25, 0.3) is 0 Å². The van der Waals surface area contributed by atoms with Gasteiger partial charge in [-0.1, -0.05) is 48.0 Å². The van der Waals surface area contributed by atoms with E-state index in [0.29, 0.717) is 22.7 Å². The number of rotatable bonds is 4. The zero-order valence-corrected chi connectivity index (χ0v) is 13.3. The molecule has 2 N–H and O–H groups in total. The molecule has 2 rings (SSSR count). The van der Waals surface area contributed by atoms with E-state index < -0.39 is 11.8 Å². The van der Waals surface area contributed by atoms with Gasteiger partial charge in [-0.05, 0) is 30.2 Å². The number of carbonyl (C=O) groups excluding carboxylic acids is 2. The van der Waals surface area contributed by atoms with Crippen molar-refractivity contribution in [2.24, 2.45) is 5.10 Å². The van der Waals surface area contributed by atoms with Gasteiger partial charge in [0.1, 0.15) is 0 Å². The third-order valence-electron chi connectivity index (χ3n) is 3.15. The molecule has 2 aromatic rings. The van der Waals surface area contributed by atoms with Crippen LogP contribution in [0, 0.1) is 6.92 Å². The Morgan fingerprint density at radius 1 is 1.09 bits per heavy atom. The van der Waals surface area contributed by atoms with Gasteiger partial charge in [-0.2, -0.15) is 5.10 Å². The topological polar surface area (TPSA) is 70.6 Å². The molecular weight excluding hydrogens is 314 g/mol. The van der Waals surface area contributed by atoms with Crippen molar-refractivity contribution in [2.75, 3.05) is 5.32 Å². The van der Waals surface area contributed by atoms with Crippen LogP contribution in [-0.4, -0.2) is 18.0 Å². The monoisotopic (exact) mass is 329 g/mol. The third kappa shape index (κ3) is 4.93. The van der Waals surface area contributed by atoms with Crippen molar-refractivity contribution >= 4 is 35.3 Å². The fraction of sp³-hybridized carbons (Fsp3) is 0.118. The van der Waals surface area contributed by atoms with Crippen molar-refractivity contribution in [2.45, 2.75) is 13.3 Å². The van der Waals surface area contributed by atoms with E-state index in [9.17, 15) is 9.59 Å². The van der Waals surface area contributed by atoms with Crippen LogP contribution in [0.2, 0.25) is 5.02 Å². The normalized spacial score (nSPS) is 10.5. The number of amides is 2. The highest BCUT2D eigenvalue weighted by Crippen LogP contribution is 2.22. The highest BCUT2D eigenvalue weighted by Gasteiger charge is 2.14. The number of hydrogen-bond donors (Lipinski definition) is 2. The molecule has 0 spiro atoms. The van der Waals surface area contributed by atoms with Crippen molar-refractivity contribution in [3.8, 4) is 0 Å². The molecule has 0 atom stereocenters. The zero-order chi connectivity index (χ0) is 16.7. The van der Waals surface area contributed by atoms with Gasteiger partial charge in [-0.15, -0.1) is 0 Å². The molecule has 0 fully saturated rings. The number of anilines is 1. The van der Waals surface area contributed by atoms with Crippen LogP contribution < -0.4 is 10.7 Å². The highest BCUT2D eigenvalue weighted by atomic mass is 35.5. The molecule has 6 heteroatoms. The quantitative estimate of drug-likeness (QED) is 0.514. The molecule has 0 aliphatic heterocycles. The minimum Gasteiger partial charge on any atom is -0.317 e. The predicted octanol–water partition coefficient (Wildman–Crippen LogP) is 2.93. The van der Waals surface area contributed by atoms with E-state index >= 15 is 0 Å². The van der Waals surface area contributed by atoms with E-state index in [1.54, 1.807) is 25.1 Å². The molecule has 0 radical (unpaired) electrons. The molecule has 0 saturated heterocycles. The van der Waals surface area contributed by atoms with Crippen LogP contribution in [0.15, 0.2) is 53.6 Å². The van der Waals surface area contributed by atoms with E-state index in [1.807, 2.05) is 30.3 Å². The molecule has 0 bridgehead atoms. The van der Waals surface area contributed by atoms with Gasteiger partial charge < -0.3 is 5.32 Å². The molecule has 5 nitrogen and oxygen atoms in total. The van der Waals surface area contributed by atoms with Crippen LogP contribution in [0.5, 0.6) is 0 Å². The summed E-state index contributed by atoms with van der Waals surface area (Å²) in [7, 11) is 0. The smallest absolute Gasteiger partial charge is 0.317 e. The van der Waals surface area contributed by atoms with E-state index in [2.05, 4.69) is 15.8 Å². The van der Waals surface area contributed by atoms with Crippen molar-refractivity contribution < 1.29 is 9.59 Å². The van der Waals surface area contributed by atoms with E-state index in [-0.39, 0.29) is 0 Å². The lowest BCUT2D eigenvalue weighted by Gasteiger charge is -2.08. The van der Waals surface area contributed by atoms with Crippen molar-refractivity contribution in [1.82, 2.24) is 5.43 Å². The summed E-state index contributed by atoms with van der Waals surface area (Å²) in [4.78, 5) is 23.5. The lowest BCUT2D eigenvalue weighted by Crippen LogP contribution is -2.32. The van der Waals surface area contributed by atoms with Crippen LogP contribution in [-0.2, 0) is 16.0 Å². The Labute approximate surface area is 139 Å². The Morgan fingerprint density at radius 2 is 1.83 bits per heavy atom. The molecule has 2 amide bonds. The first-order valence-electron chi connectivity index (χ1n) is 7.00. The Kier molecular flexibility index (Phi) is 5.88. The molecule has 0 aliphatic carbocycles. The molecule has 0 saturated carbocycles. The molecule has 23 heavy (non-hydrogen) atoms. The highest BCUT2D eigenvalue weighted by molar-refractivity contribution is 6.40. The number of hydrazone groups is 1. The maximum absolute atomic E-state index is 11.8. The number of benzene rings is 2. The standard InChI is InChI=1S/C17H16ClN3O2/c1-12-14(18)8-5-9-15(12)20-16(22)17(23)21-19-11-10-13-6-3-2-4-7-13/h2-9,11H,10H2,1H3,(H,20,22)(H,21,23). The van der Waals surface area contributed by atoms with Crippen LogP contribution in [0.3, 0.4) is 0 Å². The molecule has 118 valence electrons. The van der Waals surface area contributed by atoms with E-state index in [1.165, 1.54) is 6.21 Å². The van der Waals surface area contributed by atoms with Crippen LogP contribution in [0.1, 0.15) is 11.1 Å². The second-order valence-corrected chi connectivity index (χ2v) is 5.22. The summed E-state index contributed by atoms with van der Waals surface area (Å²) in [6.07, 6.45) is 2.10. The van der Waals surface area contributed by atoms with E-state index in [4.69, 9.17) is 11.6 Å². The average Bonchev–Trinajstić information content (AvgIpc) is 2.56. The zero-order valence-electron chi connectivity index (χ0n) is 12.5. The summed E-state index contributed by atoms with van der Waals surface area (Å²) in [5.41, 5.74) is 4.44. The van der Waals surface area contributed by atoms with Crippen molar-refractivity contribution in [3.05, 3.63) is 64.7 Å². The second-order valence-electron chi connectivity index (χ2n) is 4.81. The van der Waals surface area contributed by atoms with Crippen molar-refractivity contribution in [3.63, 3.8) is 0 Å². The number of halogens is 1. The number of nitrogens with one attached hydrogen (secondary N) is 2. The van der Waals surface area contributed by atoms with Gasteiger partial charge in [0.15, 0.2) is 0 Å². The van der Waals surface area contributed by atoms with Gasteiger partial charge in [-0.25, -0.2) is 5.43 Å². The first-order valence-corrected chi connectivity index (χ1v) is 7.37. The summed E-state index contributed by atoms with van der Waals surface area (Å²) in [6.45, 7) is 1.76. The summed E-state index contributed by atoms with van der Waals surface area (Å²) >= 11 is 5.96. The maximum atomic E-state index is 11.8. The first-order chi connectivity index (χ1) is 11.1. The fourth-order valence-electron chi connectivity index (χ4n) is 1.84. The Morgan fingerprint density at radius 3 is 2.57 bits per heavy atom. The first kappa shape index (κ1) is 16.7. The Hall–Kier alpha value is -2.66. The second kappa shape index (κ2) is 8.10. The number of carbonyl (C=O) groups is 2. The fourth-order valence-corrected chi connectivity index (χ4v) is 2.02. The molecule has 2 aromatic carbocycles. The SMILES string of the molecule is Cc1c(Cl)cccc1NC(=O)C(=O)NN=CCc1ccccc1. The molecular formula is C17H16ClN3O2. The summed E-state index contributed by atoms with van der Waals surface area (Å²) in [5, 5.41) is 6.78. The molecule has 0 heterocycles. The van der Waals surface area contributed by atoms with Gasteiger partial charge in [0.25, 0.3) is 0 Å². The summed E-state index contributed by atoms with van der Waals surface area (Å²) in [5.74, 6) is -1.64. The number of hydrogen-bond acceptors (Lipinski definition) is 3. The van der Waals surface area contributed by atoms with Crippen LogP contribution in [0.4, 0.5) is 5.69 Å². The van der Waals surface area contributed by atoms with Gasteiger partial charge >= 0.3 is 11.8 Å². The molecule has 0 aromatic heterocycles. The predicted molar refractivity (Wildman–Crippen MR) is 91.6 cm³/mol. The maximum Gasteiger partial charge on any atom is 0.329 e. The van der Waals surface area contributed by atoms with E-state index in [0.717, 1.165) is 5.56 Å². The minimum absolute atomic E-state index is 0.492. The molecule has 0 aliphatic rings. The van der Waals surface area contributed by atoms with Gasteiger partial charge in [-0.3, -0.25) is 9.59 Å². The summed E-state index contributed by atoms with van der Waals surface area (Å²) in [6, 6.07) is 14.7. The Bertz CT molecular complexity index is 730. The van der Waals surface area contributed by atoms with Crippen molar-refractivity contribution in [1.29, 1.82) is 0 Å². The lowest BCUT2D eigenvalue weighted by molar-refractivity contribution is -0.136. The Balaban J connectivity index is 1.85.